The van der Waals surface area contributed by atoms with Crippen LogP contribution in [0.5, 0.6) is 0 Å². The van der Waals surface area contributed by atoms with Crippen molar-refractivity contribution in [2.45, 2.75) is 37.9 Å². The first-order valence-corrected chi connectivity index (χ1v) is 7.83. The van der Waals surface area contributed by atoms with Gasteiger partial charge < -0.3 is 4.98 Å². The molecule has 1 heterocycles. The highest BCUT2D eigenvalue weighted by Gasteiger charge is 2.26. The number of Topliss-reactive ketones (excluding diaryl/α,β-unsaturated/α-hetero) is 1. The first-order chi connectivity index (χ1) is 9.13. The van der Waals surface area contributed by atoms with Crippen LogP contribution in [0, 0.1) is 0 Å². The van der Waals surface area contributed by atoms with Gasteiger partial charge in [-0.25, -0.2) is 4.98 Å². The molecule has 0 saturated heterocycles. The van der Waals surface area contributed by atoms with Crippen LogP contribution < -0.4 is 0 Å². The van der Waals surface area contributed by atoms with Crippen molar-refractivity contribution >= 4 is 28.6 Å². The third kappa shape index (κ3) is 2.84. The second-order valence-corrected chi connectivity index (χ2v) is 6.98. The molecule has 1 aromatic carbocycles. The Morgan fingerprint density at radius 2 is 2.26 bits per heavy atom. The number of hydrogen-bond donors (Lipinski definition) is 1. The van der Waals surface area contributed by atoms with Gasteiger partial charge in [-0.2, -0.15) is 11.8 Å². The molecule has 1 aliphatic rings. The Morgan fingerprint density at radius 3 is 2.95 bits per heavy atom. The first-order valence-electron chi connectivity index (χ1n) is 6.78. The molecule has 2 aromatic rings. The molecule has 0 radical (unpaired) electrons. The van der Waals surface area contributed by atoms with Crippen LogP contribution in [0.3, 0.4) is 0 Å². The predicted molar refractivity (Wildman–Crippen MR) is 80.0 cm³/mol. The van der Waals surface area contributed by atoms with Gasteiger partial charge >= 0.3 is 0 Å². The number of rotatable bonds is 5. The van der Waals surface area contributed by atoms with Gasteiger partial charge in [-0.1, -0.05) is 13.8 Å². The van der Waals surface area contributed by atoms with Crippen LogP contribution in [-0.4, -0.2) is 26.8 Å². The normalized spacial score (nSPS) is 15.3. The highest BCUT2D eigenvalue weighted by atomic mass is 32.2. The molecular weight excluding hydrogens is 256 g/mol. The summed E-state index contributed by atoms with van der Waals surface area (Å²) in [6.07, 6.45) is 2.47. The van der Waals surface area contributed by atoms with Crippen molar-refractivity contribution in [3.8, 4) is 0 Å². The van der Waals surface area contributed by atoms with Crippen molar-refractivity contribution in [3.63, 3.8) is 0 Å². The van der Waals surface area contributed by atoms with Crippen LogP contribution in [0.2, 0.25) is 0 Å². The number of aromatic nitrogens is 2. The van der Waals surface area contributed by atoms with Crippen LogP contribution in [0.4, 0.5) is 0 Å². The number of hydrogen-bond acceptors (Lipinski definition) is 3. The van der Waals surface area contributed by atoms with E-state index in [1.54, 1.807) is 11.8 Å². The maximum Gasteiger partial charge on any atom is 0.172 e. The molecular formula is C15H18N2OS. The van der Waals surface area contributed by atoms with Crippen molar-refractivity contribution in [3.05, 3.63) is 29.6 Å². The minimum Gasteiger partial charge on any atom is -0.342 e. The van der Waals surface area contributed by atoms with E-state index >= 15 is 0 Å². The summed E-state index contributed by atoms with van der Waals surface area (Å²) in [5, 5.41) is 0.487. The average molecular weight is 274 g/mol. The summed E-state index contributed by atoms with van der Waals surface area (Å²) in [5.41, 5.74) is 2.74. The molecule has 1 aromatic heterocycles. The lowest BCUT2D eigenvalue weighted by molar-refractivity contribution is 0.102. The molecule has 4 heteroatoms. The lowest BCUT2D eigenvalue weighted by atomic mass is 10.1. The highest BCUT2D eigenvalue weighted by Crippen LogP contribution is 2.39. The summed E-state index contributed by atoms with van der Waals surface area (Å²) < 4.78 is 0. The standard InChI is InChI=1S/C15H18N2OS/c1-9(2)19-8-14(18)11-5-6-12-13(7-11)17-15(16-12)10-3-4-10/h5-7,9-10H,3-4,8H2,1-2H3,(H,16,17). The fourth-order valence-electron chi connectivity index (χ4n) is 2.08. The Bertz CT molecular complexity index is 614. The van der Waals surface area contributed by atoms with E-state index in [0.717, 1.165) is 22.4 Å². The summed E-state index contributed by atoms with van der Waals surface area (Å²) in [6.45, 7) is 4.22. The fraction of sp³-hybridized carbons (Fsp3) is 0.467. The molecule has 100 valence electrons. The van der Waals surface area contributed by atoms with Crippen molar-refractivity contribution in [2.75, 3.05) is 5.75 Å². The number of H-pyrrole nitrogens is 1. The summed E-state index contributed by atoms with van der Waals surface area (Å²) in [7, 11) is 0. The molecule has 1 saturated carbocycles. The van der Waals surface area contributed by atoms with Gasteiger partial charge in [0.15, 0.2) is 5.78 Å². The van der Waals surface area contributed by atoms with E-state index in [0.29, 0.717) is 16.9 Å². The molecule has 3 nitrogen and oxygen atoms in total. The molecule has 19 heavy (non-hydrogen) atoms. The van der Waals surface area contributed by atoms with Gasteiger partial charge in [-0.15, -0.1) is 0 Å². The van der Waals surface area contributed by atoms with Crippen LogP contribution in [0.1, 0.15) is 48.8 Å². The number of ketones is 1. The van der Waals surface area contributed by atoms with Gasteiger partial charge in [0.1, 0.15) is 5.82 Å². The van der Waals surface area contributed by atoms with E-state index in [1.165, 1.54) is 12.8 Å². The lowest BCUT2D eigenvalue weighted by Crippen LogP contribution is -2.04. The zero-order valence-corrected chi connectivity index (χ0v) is 12.1. The number of aromatic amines is 1. The van der Waals surface area contributed by atoms with Crippen molar-refractivity contribution < 1.29 is 4.79 Å². The van der Waals surface area contributed by atoms with Crippen molar-refractivity contribution in [1.29, 1.82) is 0 Å². The van der Waals surface area contributed by atoms with E-state index < -0.39 is 0 Å². The third-order valence-corrected chi connectivity index (χ3v) is 4.43. The van der Waals surface area contributed by atoms with Gasteiger partial charge in [0.05, 0.1) is 16.8 Å². The Hall–Kier alpha value is -1.29. The minimum absolute atomic E-state index is 0.197. The number of carbonyl (C=O) groups is 1. The summed E-state index contributed by atoms with van der Waals surface area (Å²) >= 11 is 1.68. The molecule has 3 rings (SSSR count). The molecule has 0 spiro atoms. The molecule has 0 bridgehead atoms. The van der Waals surface area contributed by atoms with E-state index in [2.05, 4.69) is 23.8 Å². The number of carbonyl (C=O) groups excluding carboxylic acids is 1. The van der Waals surface area contributed by atoms with Crippen LogP contribution in [-0.2, 0) is 0 Å². The van der Waals surface area contributed by atoms with E-state index in [9.17, 15) is 4.79 Å². The van der Waals surface area contributed by atoms with Crippen LogP contribution in [0.25, 0.3) is 11.0 Å². The Labute approximate surface area is 117 Å². The molecule has 0 amide bonds. The zero-order valence-electron chi connectivity index (χ0n) is 11.3. The maximum absolute atomic E-state index is 12.1. The monoisotopic (exact) mass is 274 g/mol. The van der Waals surface area contributed by atoms with Crippen LogP contribution >= 0.6 is 11.8 Å². The smallest absolute Gasteiger partial charge is 0.172 e. The van der Waals surface area contributed by atoms with Gasteiger partial charge in [0.25, 0.3) is 0 Å². The topological polar surface area (TPSA) is 45.8 Å². The molecule has 0 unspecified atom stereocenters. The Kier molecular flexibility index (Phi) is 3.35. The Balaban J connectivity index is 1.82. The number of imidazole rings is 1. The number of nitrogens with zero attached hydrogens (tertiary/aromatic N) is 1. The largest absolute Gasteiger partial charge is 0.342 e. The average Bonchev–Trinajstić information content (AvgIpc) is 3.15. The molecule has 0 atom stereocenters. The summed E-state index contributed by atoms with van der Waals surface area (Å²) in [4.78, 5) is 20.0. The molecule has 0 aliphatic heterocycles. The summed E-state index contributed by atoms with van der Waals surface area (Å²) in [5.74, 6) is 2.44. The molecule has 1 aliphatic carbocycles. The number of nitrogens with one attached hydrogen (secondary N) is 1. The number of fused-ring (bicyclic) bond motifs is 1. The van der Waals surface area contributed by atoms with E-state index in [1.807, 2.05) is 18.2 Å². The zero-order chi connectivity index (χ0) is 13.4. The second-order valence-electron chi connectivity index (χ2n) is 5.41. The molecule has 1 N–H and O–H groups in total. The molecule has 1 fully saturated rings. The number of thioether (sulfide) groups is 1. The number of benzene rings is 1. The van der Waals surface area contributed by atoms with Gasteiger partial charge in [0.2, 0.25) is 0 Å². The van der Waals surface area contributed by atoms with Crippen molar-refractivity contribution in [1.82, 2.24) is 9.97 Å². The van der Waals surface area contributed by atoms with Crippen molar-refractivity contribution in [2.24, 2.45) is 0 Å². The van der Waals surface area contributed by atoms with Crippen LogP contribution in [0.15, 0.2) is 18.2 Å². The second kappa shape index (κ2) is 5.00. The van der Waals surface area contributed by atoms with Gasteiger partial charge in [-0.3, -0.25) is 4.79 Å². The highest BCUT2D eigenvalue weighted by molar-refractivity contribution is 8.00. The summed E-state index contributed by atoms with van der Waals surface area (Å²) in [6, 6.07) is 5.78. The minimum atomic E-state index is 0.197. The SMILES string of the molecule is CC(C)SCC(=O)c1ccc2nc(C3CC3)[nH]c2c1. The third-order valence-electron chi connectivity index (χ3n) is 3.33. The Morgan fingerprint density at radius 1 is 1.47 bits per heavy atom. The first kappa shape index (κ1) is 12.7. The van der Waals surface area contributed by atoms with E-state index in [4.69, 9.17) is 0 Å². The fourth-order valence-corrected chi connectivity index (χ4v) is 2.73. The quantitative estimate of drug-likeness (QED) is 0.844. The maximum atomic E-state index is 12.1. The predicted octanol–water partition coefficient (Wildman–Crippen LogP) is 3.76. The lowest BCUT2D eigenvalue weighted by Gasteiger charge is -2.03. The van der Waals surface area contributed by atoms with Gasteiger partial charge in [0, 0.05) is 11.5 Å². The van der Waals surface area contributed by atoms with Gasteiger partial charge in [-0.05, 0) is 36.3 Å². The van der Waals surface area contributed by atoms with E-state index in [-0.39, 0.29) is 5.78 Å².